The van der Waals surface area contributed by atoms with E-state index >= 15 is 0 Å². The molecule has 21 heavy (non-hydrogen) atoms. The van der Waals surface area contributed by atoms with Crippen molar-refractivity contribution in [3.8, 4) is 0 Å². The molecule has 1 amide bonds. The molecule has 0 fully saturated rings. The van der Waals surface area contributed by atoms with Gasteiger partial charge in [0.25, 0.3) is 0 Å². The van der Waals surface area contributed by atoms with Gasteiger partial charge in [0.1, 0.15) is 4.90 Å². The molecule has 1 aromatic heterocycles. The number of rotatable bonds is 6. The number of hydrogen-bond donors (Lipinski definition) is 4. The number of nitrogens with one attached hydrogen (secondary N) is 3. The van der Waals surface area contributed by atoms with Gasteiger partial charge in [0, 0.05) is 6.04 Å². The summed E-state index contributed by atoms with van der Waals surface area (Å²) in [6.07, 6.45) is 0. The van der Waals surface area contributed by atoms with E-state index in [0.717, 1.165) is 0 Å². The summed E-state index contributed by atoms with van der Waals surface area (Å²) < 4.78 is 26.6. The second-order valence-electron chi connectivity index (χ2n) is 4.84. The Morgan fingerprint density at radius 3 is 2.33 bits per heavy atom. The van der Waals surface area contributed by atoms with Crippen LogP contribution >= 0.6 is 0 Å². The summed E-state index contributed by atoms with van der Waals surface area (Å²) in [4.78, 5) is 22.2. The predicted octanol–water partition coefficient (Wildman–Crippen LogP) is -0.392. The summed E-state index contributed by atoms with van der Waals surface area (Å²) in [6, 6.07) is -1.19. The molecule has 0 aliphatic heterocycles. The van der Waals surface area contributed by atoms with Crippen LogP contribution in [0.25, 0.3) is 0 Å². The molecule has 1 heterocycles. The maximum Gasteiger partial charge on any atom is 0.357 e. The molecule has 9 nitrogen and oxygen atoms in total. The number of carboxylic acid groups (broad SMARTS) is 1. The molecule has 0 saturated carbocycles. The molecule has 0 aliphatic rings. The number of carbonyl (C=O) groups excluding carboxylic acids is 1. The lowest BCUT2D eigenvalue weighted by atomic mass is 10.3. The number of carboxylic acids is 1. The Kier molecular flexibility index (Phi) is 5.07. The third-order valence-corrected chi connectivity index (χ3v) is 4.22. The lowest BCUT2D eigenvalue weighted by molar-refractivity contribution is -0.122. The molecule has 0 bridgehead atoms. The average Bonchev–Trinajstić information content (AvgIpc) is 2.70. The second-order valence-corrected chi connectivity index (χ2v) is 6.49. The fraction of sp³-hybridized carbons (Fsp3) is 0.545. The Labute approximate surface area is 122 Å². The highest BCUT2D eigenvalue weighted by molar-refractivity contribution is 7.89. The van der Waals surface area contributed by atoms with E-state index in [2.05, 4.69) is 20.2 Å². The van der Waals surface area contributed by atoms with Crippen LogP contribution in [0, 0.1) is 6.92 Å². The number of amides is 1. The number of nitrogens with zero attached hydrogens (tertiary/aromatic N) is 1. The highest BCUT2D eigenvalue weighted by Gasteiger charge is 2.30. The van der Waals surface area contributed by atoms with E-state index in [-0.39, 0.29) is 11.7 Å². The first kappa shape index (κ1) is 17.1. The first-order chi connectivity index (χ1) is 9.56. The van der Waals surface area contributed by atoms with E-state index in [1.807, 2.05) is 0 Å². The summed E-state index contributed by atoms with van der Waals surface area (Å²) >= 11 is 0. The SMILES string of the molecule is Cc1[nH]nc(C(=O)O)c1S(=O)(=O)NC(C)C(=O)NC(C)C. The summed E-state index contributed by atoms with van der Waals surface area (Å²) in [5.41, 5.74) is -0.534. The number of aryl methyl sites for hydroxylation is 1. The average molecular weight is 318 g/mol. The quantitative estimate of drug-likeness (QED) is 0.563. The van der Waals surface area contributed by atoms with Crippen molar-refractivity contribution in [2.24, 2.45) is 0 Å². The zero-order valence-corrected chi connectivity index (χ0v) is 12.9. The van der Waals surface area contributed by atoms with Crippen LogP contribution in [0.5, 0.6) is 0 Å². The maximum absolute atomic E-state index is 12.2. The first-order valence-corrected chi connectivity index (χ1v) is 7.65. The maximum atomic E-state index is 12.2. The van der Waals surface area contributed by atoms with Crippen LogP contribution in [0.4, 0.5) is 0 Å². The van der Waals surface area contributed by atoms with Gasteiger partial charge < -0.3 is 10.4 Å². The second kappa shape index (κ2) is 6.22. The van der Waals surface area contributed by atoms with Crippen molar-refractivity contribution in [3.63, 3.8) is 0 Å². The Hall–Kier alpha value is -1.94. The van der Waals surface area contributed by atoms with Crippen LogP contribution in [-0.4, -0.2) is 47.7 Å². The summed E-state index contributed by atoms with van der Waals surface area (Å²) in [5.74, 6) is -1.98. The van der Waals surface area contributed by atoms with Gasteiger partial charge in [0.05, 0.1) is 11.7 Å². The molecule has 1 atom stereocenters. The summed E-state index contributed by atoms with van der Waals surface area (Å²) in [6.45, 7) is 6.22. The van der Waals surface area contributed by atoms with Gasteiger partial charge in [-0.3, -0.25) is 9.89 Å². The molecule has 0 aromatic carbocycles. The Morgan fingerprint density at radius 1 is 1.29 bits per heavy atom. The van der Waals surface area contributed by atoms with E-state index in [9.17, 15) is 18.0 Å². The minimum atomic E-state index is -4.19. The molecular weight excluding hydrogens is 300 g/mol. The van der Waals surface area contributed by atoms with Gasteiger partial charge in [-0.2, -0.15) is 9.82 Å². The van der Waals surface area contributed by atoms with Crippen molar-refractivity contribution in [2.75, 3.05) is 0 Å². The van der Waals surface area contributed by atoms with Crippen molar-refractivity contribution in [1.29, 1.82) is 0 Å². The molecule has 1 unspecified atom stereocenters. The predicted molar refractivity (Wildman–Crippen MR) is 73.3 cm³/mol. The first-order valence-electron chi connectivity index (χ1n) is 6.17. The Morgan fingerprint density at radius 2 is 1.86 bits per heavy atom. The van der Waals surface area contributed by atoms with Crippen molar-refractivity contribution < 1.29 is 23.1 Å². The number of carbonyl (C=O) groups is 2. The van der Waals surface area contributed by atoms with Crippen molar-refractivity contribution in [2.45, 2.75) is 44.7 Å². The van der Waals surface area contributed by atoms with Crippen molar-refractivity contribution in [1.82, 2.24) is 20.2 Å². The lowest BCUT2D eigenvalue weighted by Crippen LogP contribution is -2.46. The van der Waals surface area contributed by atoms with Crippen LogP contribution in [-0.2, 0) is 14.8 Å². The minimum Gasteiger partial charge on any atom is -0.476 e. The molecule has 0 radical (unpaired) electrons. The number of aromatic amines is 1. The monoisotopic (exact) mass is 318 g/mol. The van der Waals surface area contributed by atoms with Gasteiger partial charge in [-0.15, -0.1) is 0 Å². The zero-order chi connectivity index (χ0) is 16.4. The minimum absolute atomic E-state index is 0.0800. The summed E-state index contributed by atoms with van der Waals surface area (Å²) in [5, 5.41) is 17.3. The smallest absolute Gasteiger partial charge is 0.357 e. The van der Waals surface area contributed by atoms with E-state index in [1.165, 1.54) is 13.8 Å². The van der Waals surface area contributed by atoms with E-state index in [1.54, 1.807) is 13.8 Å². The molecule has 0 aliphatic carbocycles. The van der Waals surface area contributed by atoms with Crippen LogP contribution in [0.2, 0.25) is 0 Å². The van der Waals surface area contributed by atoms with Gasteiger partial charge in [0.15, 0.2) is 5.69 Å². The Bertz CT molecular complexity index is 650. The third kappa shape index (κ3) is 4.02. The Balaban J connectivity index is 3.05. The standard InChI is InChI=1S/C11H18N4O5S/c1-5(2)12-10(16)7(4)15-21(19,20)9-6(3)13-14-8(9)11(17)18/h5,7,15H,1-4H3,(H,12,16)(H,13,14)(H,17,18). The number of hydrogen-bond acceptors (Lipinski definition) is 5. The number of H-pyrrole nitrogens is 1. The highest BCUT2D eigenvalue weighted by atomic mass is 32.2. The van der Waals surface area contributed by atoms with Crippen molar-refractivity contribution in [3.05, 3.63) is 11.4 Å². The highest BCUT2D eigenvalue weighted by Crippen LogP contribution is 2.17. The molecule has 1 rings (SSSR count). The normalized spacial score (nSPS) is 13.2. The number of sulfonamides is 1. The molecule has 0 saturated heterocycles. The van der Waals surface area contributed by atoms with E-state index in [4.69, 9.17) is 5.11 Å². The fourth-order valence-corrected chi connectivity index (χ4v) is 3.17. The molecular formula is C11H18N4O5S. The lowest BCUT2D eigenvalue weighted by Gasteiger charge is -2.16. The molecule has 1 aromatic rings. The third-order valence-electron chi connectivity index (χ3n) is 2.52. The van der Waals surface area contributed by atoms with Crippen LogP contribution in [0.15, 0.2) is 4.90 Å². The largest absolute Gasteiger partial charge is 0.476 e. The van der Waals surface area contributed by atoms with Crippen LogP contribution < -0.4 is 10.0 Å². The van der Waals surface area contributed by atoms with Gasteiger partial charge in [0.2, 0.25) is 15.9 Å². The van der Waals surface area contributed by atoms with Gasteiger partial charge in [-0.05, 0) is 27.7 Å². The van der Waals surface area contributed by atoms with Crippen LogP contribution in [0.3, 0.4) is 0 Å². The van der Waals surface area contributed by atoms with Gasteiger partial charge >= 0.3 is 5.97 Å². The fourth-order valence-electron chi connectivity index (χ4n) is 1.65. The molecule has 10 heteroatoms. The van der Waals surface area contributed by atoms with Gasteiger partial charge in [-0.1, -0.05) is 0 Å². The number of aromatic carboxylic acids is 1. The van der Waals surface area contributed by atoms with Crippen molar-refractivity contribution >= 4 is 21.9 Å². The van der Waals surface area contributed by atoms with E-state index < -0.39 is 38.5 Å². The summed E-state index contributed by atoms with van der Waals surface area (Å²) in [7, 11) is -4.19. The zero-order valence-electron chi connectivity index (χ0n) is 12.1. The topological polar surface area (TPSA) is 141 Å². The molecule has 118 valence electrons. The van der Waals surface area contributed by atoms with Gasteiger partial charge in [-0.25, -0.2) is 13.2 Å². The molecule has 4 N–H and O–H groups in total. The molecule has 0 spiro atoms. The van der Waals surface area contributed by atoms with E-state index in [0.29, 0.717) is 0 Å². The number of aromatic nitrogens is 2. The van der Waals surface area contributed by atoms with Crippen LogP contribution in [0.1, 0.15) is 37.0 Å².